The maximum Gasteiger partial charge on any atom is 0.318 e. The van der Waals surface area contributed by atoms with Gasteiger partial charge in [0.25, 0.3) is 0 Å². The van der Waals surface area contributed by atoms with Crippen molar-refractivity contribution in [3.05, 3.63) is 36.0 Å². The molecule has 1 aromatic heterocycles. The highest BCUT2D eigenvalue weighted by molar-refractivity contribution is 8.01. The number of thioether (sulfide) groups is 1. The fraction of sp³-hybridized carbons (Fsp3) is 0.333. The molecule has 2 atom stereocenters. The zero-order valence-electron chi connectivity index (χ0n) is 11.7. The molecule has 1 heterocycles. The second-order valence-electron chi connectivity index (χ2n) is 4.56. The molecule has 4 nitrogen and oxygen atoms in total. The molecule has 0 aliphatic carbocycles. The van der Waals surface area contributed by atoms with Crippen LogP contribution < -0.4 is 0 Å². The summed E-state index contributed by atoms with van der Waals surface area (Å²) in [5.41, 5.74) is 1.60. The zero-order valence-corrected chi connectivity index (χ0v) is 12.5. The van der Waals surface area contributed by atoms with Crippen molar-refractivity contribution in [2.45, 2.75) is 24.3 Å². The van der Waals surface area contributed by atoms with Crippen molar-refractivity contribution in [1.82, 2.24) is 4.98 Å². The summed E-state index contributed by atoms with van der Waals surface area (Å²) in [5, 5.41) is 0.253. The van der Waals surface area contributed by atoms with Gasteiger partial charge in [-0.3, -0.25) is 9.59 Å². The fourth-order valence-corrected chi connectivity index (χ4v) is 3.15. The van der Waals surface area contributed by atoms with Gasteiger partial charge in [0.15, 0.2) is 5.78 Å². The van der Waals surface area contributed by atoms with Crippen LogP contribution in [0.1, 0.15) is 24.2 Å². The van der Waals surface area contributed by atoms with Gasteiger partial charge in [-0.1, -0.05) is 18.2 Å². The minimum absolute atomic E-state index is 0.0169. The molecule has 0 saturated carbocycles. The van der Waals surface area contributed by atoms with Gasteiger partial charge in [0.1, 0.15) is 5.25 Å². The molecule has 20 heavy (non-hydrogen) atoms. The first-order chi connectivity index (χ1) is 9.54. The van der Waals surface area contributed by atoms with E-state index >= 15 is 0 Å². The van der Waals surface area contributed by atoms with Crippen molar-refractivity contribution in [2.75, 3.05) is 7.11 Å². The first-order valence-electron chi connectivity index (χ1n) is 6.38. The van der Waals surface area contributed by atoms with Gasteiger partial charge in [0, 0.05) is 22.7 Å². The van der Waals surface area contributed by atoms with Crippen LogP contribution in [0.3, 0.4) is 0 Å². The summed E-state index contributed by atoms with van der Waals surface area (Å²) in [6.07, 6.45) is 1.73. The fourth-order valence-electron chi connectivity index (χ4n) is 2.08. The van der Waals surface area contributed by atoms with E-state index in [1.54, 1.807) is 13.1 Å². The third-order valence-corrected chi connectivity index (χ3v) is 4.39. The van der Waals surface area contributed by atoms with Crippen LogP contribution in [0.15, 0.2) is 30.5 Å². The van der Waals surface area contributed by atoms with Crippen molar-refractivity contribution < 1.29 is 14.3 Å². The van der Waals surface area contributed by atoms with Gasteiger partial charge < -0.3 is 9.72 Å². The Morgan fingerprint density at radius 1 is 1.20 bits per heavy atom. The number of H-pyrrole nitrogens is 1. The van der Waals surface area contributed by atoms with E-state index in [-0.39, 0.29) is 22.3 Å². The quantitative estimate of drug-likeness (QED) is 0.679. The van der Waals surface area contributed by atoms with E-state index in [0.717, 1.165) is 10.9 Å². The molecule has 0 fully saturated rings. The van der Waals surface area contributed by atoms with Crippen LogP contribution in [0.2, 0.25) is 0 Å². The van der Waals surface area contributed by atoms with Gasteiger partial charge in [-0.15, -0.1) is 11.8 Å². The lowest BCUT2D eigenvalue weighted by molar-refractivity contribution is -0.139. The molecule has 0 saturated heterocycles. The number of hydrogen-bond donors (Lipinski definition) is 1. The van der Waals surface area contributed by atoms with E-state index in [9.17, 15) is 9.59 Å². The van der Waals surface area contributed by atoms with Crippen LogP contribution in [0.4, 0.5) is 0 Å². The highest BCUT2D eigenvalue weighted by Gasteiger charge is 2.24. The van der Waals surface area contributed by atoms with Crippen LogP contribution in [0.25, 0.3) is 10.9 Å². The van der Waals surface area contributed by atoms with Gasteiger partial charge in [-0.05, 0) is 19.9 Å². The van der Waals surface area contributed by atoms with Gasteiger partial charge in [-0.2, -0.15) is 0 Å². The summed E-state index contributed by atoms with van der Waals surface area (Å²) >= 11 is 1.31. The molecule has 0 amide bonds. The number of para-hydroxylation sites is 1. The predicted molar refractivity (Wildman–Crippen MR) is 81.2 cm³/mol. The SMILES string of the molecule is COC(=O)C(C)SC(C)C(=O)c1c[nH]c2ccccc12. The standard InChI is InChI=1S/C15H17NO3S/c1-9(20-10(2)15(18)19-3)14(17)12-8-16-13-7-5-4-6-11(12)13/h4-10,16H,1-3H3. The van der Waals surface area contributed by atoms with Crippen molar-refractivity contribution in [2.24, 2.45) is 0 Å². The minimum atomic E-state index is -0.357. The van der Waals surface area contributed by atoms with Gasteiger partial charge in [-0.25, -0.2) is 0 Å². The van der Waals surface area contributed by atoms with E-state index in [1.807, 2.05) is 31.2 Å². The number of carbonyl (C=O) groups is 2. The van der Waals surface area contributed by atoms with Crippen molar-refractivity contribution in [1.29, 1.82) is 0 Å². The molecule has 0 radical (unpaired) electrons. The Bertz CT molecular complexity index is 635. The summed E-state index contributed by atoms with van der Waals surface area (Å²) in [6, 6.07) is 7.67. The third-order valence-electron chi connectivity index (χ3n) is 3.17. The average molecular weight is 291 g/mol. The van der Waals surface area contributed by atoms with Crippen LogP contribution in [0, 0.1) is 0 Å². The number of ether oxygens (including phenoxy) is 1. The Kier molecular flexibility index (Phi) is 4.49. The lowest BCUT2D eigenvalue weighted by Gasteiger charge is -2.14. The molecule has 5 heteroatoms. The molecule has 2 rings (SSSR count). The number of methoxy groups -OCH3 is 1. The summed E-state index contributed by atoms with van der Waals surface area (Å²) in [7, 11) is 1.35. The molecule has 106 valence electrons. The van der Waals surface area contributed by atoms with Crippen LogP contribution in [0.5, 0.6) is 0 Å². The van der Waals surface area contributed by atoms with E-state index in [4.69, 9.17) is 0 Å². The Labute approximate surface area is 121 Å². The van der Waals surface area contributed by atoms with Gasteiger partial charge >= 0.3 is 5.97 Å². The topological polar surface area (TPSA) is 59.2 Å². The van der Waals surface area contributed by atoms with Crippen LogP contribution >= 0.6 is 11.8 Å². The van der Waals surface area contributed by atoms with Gasteiger partial charge in [0.05, 0.1) is 12.4 Å². The normalized spacial score (nSPS) is 13.9. The molecule has 0 spiro atoms. The largest absolute Gasteiger partial charge is 0.468 e. The number of benzene rings is 1. The maximum absolute atomic E-state index is 12.5. The molecule has 2 aromatic rings. The highest BCUT2D eigenvalue weighted by atomic mass is 32.2. The highest BCUT2D eigenvalue weighted by Crippen LogP contribution is 2.25. The van der Waals surface area contributed by atoms with E-state index in [1.165, 1.54) is 18.9 Å². The number of fused-ring (bicyclic) bond motifs is 1. The number of ketones is 1. The van der Waals surface area contributed by atoms with E-state index < -0.39 is 0 Å². The summed E-state index contributed by atoms with van der Waals surface area (Å²) < 4.78 is 4.68. The number of carbonyl (C=O) groups excluding carboxylic acids is 2. The first kappa shape index (κ1) is 14.7. The monoisotopic (exact) mass is 291 g/mol. The molecular formula is C15H17NO3S. The first-order valence-corrected chi connectivity index (χ1v) is 7.32. The molecule has 1 aromatic carbocycles. The lowest BCUT2D eigenvalue weighted by Crippen LogP contribution is -2.22. The predicted octanol–water partition coefficient (Wildman–Crippen LogP) is 3.03. The zero-order chi connectivity index (χ0) is 14.7. The summed E-state index contributed by atoms with van der Waals surface area (Å²) in [5.74, 6) is -0.295. The third kappa shape index (κ3) is 2.88. The second kappa shape index (κ2) is 6.13. The number of rotatable bonds is 5. The van der Waals surface area contributed by atoms with E-state index in [0.29, 0.717) is 5.56 Å². The number of hydrogen-bond acceptors (Lipinski definition) is 4. The average Bonchev–Trinajstić information content (AvgIpc) is 2.89. The number of Topliss-reactive ketones (excluding diaryl/α,β-unsaturated/α-hetero) is 1. The smallest absolute Gasteiger partial charge is 0.318 e. The van der Waals surface area contributed by atoms with Crippen molar-refractivity contribution in [3.63, 3.8) is 0 Å². The molecule has 2 unspecified atom stereocenters. The molecular weight excluding hydrogens is 274 g/mol. The number of aromatic amines is 1. The second-order valence-corrected chi connectivity index (χ2v) is 6.24. The van der Waals surface area contributed by atoms with Crippen molar-refractivity contribution >= 4 is 34.4 Å². The number of esters is 1. The Balaban J connectivity index is 2.16. The molecule has 0 aliphatic heterocycles. The molecule has 0 bridgehead atoms. The summed E-state index contributed by atoms with van der Waals surface area (Å²) in [6.45, 7) is 3.56. The lowest BCUT2D eigenvalue weighted by atomic mass is 10.1. The van der Waals surface area contributed by atoms with Crippen LogP contribution in [-0.2, 0) is 9.53 Å². The Hall–Kier alpha value is -1.75. The maximum atomic E-state index is 12.5. The summed E-state index contributed by atoms with van der Waals surface area (Å²) in [4.78, 5) is 27.0. The van der Waals surface area contributed by atoms with Crippen molar-refractivity contribution in [3.8, 4) is 0 Å². The molecule has 0 aliphatic rings. The molecule has 1 N–H and O–H groups in total. The Morgan fingerprint density at radius 3 is 2.60 bits per heavy atom. The Morgan fingerprint density at radius 2 is 1.90 bits per heavy atom. The van der Waals surface area contributed by atoms with E-state index in [2.05, 4.69) is 9.72 Å². The van der Waals surface area contributed by atoms with Crippen LogP contribution in [-0.4, -0.2) is 34.3 Å². The van der Waals surface area contributed by atoms with Gasteiger partial charge in [0.2, 0.25) is 0 Å². The minimum Gasteiger partial charge on any atom is -0.468 e. The number of aromatic nitrogens is 1. The number of nitrogens with one attached hydrogen (secondary N) is 1.